The second kappa shape index (κ2) is 8.94. The molecule has 0 aliphatic rings. The molecule has 30 heavy (non-hydrogen) atoms. The fraction of sp³-hybridized carbons (Fsp3) is 0.125. The maximum absolute atomic E-state index is 12.9. The first-order valence-corrected chi connectivity index (χ1v) is 10.9. The zero-order chi connectivity index (χ0) is 21.1. The van der Waals surface area contributed by atoms with Gasteiger partial charge in [0.15, 0.2) is 0 Å². The van der Waals surface area contributed by atoms with E-state index in [0.29, 0.717) is 29.2 Å². The van der Waals surface area contributed by atoms with E-state index in [1.165, 1.54) is 6.07 Å². The third kappa shape index (κ3) is 4.37. The fourth-order valence-corrected chi connectivity index (χ4v) is 3.70. The molecule has 0 bridgehead atoms. The first-order valence-electron chi connectivity index (χ1n) is 9.37. The molecule has 3 aromatic carbocycles. The van der Waals surface area contributed by atoms with Gasteiger partial charge in [0.25, 0.3) is 0 Å². The van der Waals surface area contributed by atoms with Crippen molar-refractivity contribution in [3.63, 3.8) is 0 Å². The molecule has 1 N–H and O–H groups in total. The number of ether oxygens (including phenoxy) is 1. The van der Waals surface area contributed by atoms with Crippen LogP contribution in [0.5, 0.6) is 11.5 Å². The number of halogens is 2. The number of rotatable bonds is 6. The average Bonchev–Trinajstić information content (AvgIpc) is 2.74. The van der Waals surface area contributed by atoms with Crippen molar-refractivity contribution in [3.8, 4) is 22.6 Å². The number of hydrogen-bond donors (Lipinski definition) is 1. The molecule has 1 aromatic heterocycles. The highest BCUT2D eigenvalue weighted by Crippen LogP contribution is 2.32. The van der Waals surface area contributed by atoms with Gasteiger partial charge in [0.05, 0.1) is 12.2 Å². The summed E-state index contributed by atoms with van der Waals surface area (Å²) in [4.78, 5) is 12.9. The summed E-state index contributed by atoms with van der Waals surface area (Å²) in [6.07, 6.45) is 0.517. The Labute approximate surface area is 186 Å². The third-order valence-electron chi connectivity index (χ3n) is 4.78. The Hall–Kier alpha value is -2.76. The van der Waals surface area contributed by atoms with E-state index in [2.05, 4.69) is 15.9 Å². The molecule has 0 saturated heterocycles. The van der Waals surface area contributed by atoms with Crippen LogP contribution in [-0.2, 0) is 6.42 Å². The summed E-state index contributed by atoms with van der Waals surface area (Å²) < 4.78 is 11.1. The van der Waals surface area contributed by atoms with Gasteiger partial charge in [-0.15, -0.1) is 0 Å². The molecule has 1 heterocycles. The van der Waals surface area contributed by atoms with Crippen LogP contribution in [-0.4, -0.2) is 17.0 Å². The van der Waals surface area contributed by atoms with E-state index in [0.717, 1.165) is 33.2 Å². The van der Waals surface area contributed by atoms with Crippen LogP contribution in [0, 0.1) is 0 Å². The van der Waals surface area contributed by atoms with Crippen LogP contribution < -0.4 is 10.4 Å². The Morgan fingerprint density at radius 3 is 2.43 bits per heavy atom. The van der Waals surface area contributed by atoms with Crippen LogP contribution in [0.2, 0.25) is 5.02 Å². The Morgan fingerprint density at radius 1 is 1.00 bits per heavy atom. The summed E-state index contributed by atoms with van der Waals surface area (Å²) >= 11 is 9.37. The average molecular weight is 486 g/mol. The standard InChI is InChI=1S/C24H18BrClO4/c25-11-12-29-19-8-1-15(2-9-19)13-21-20-10-7-18(27)14-22(20)30-24(28)23(21)16-3-5-17(26)6-4-16/h1-10,14,27H,11-13H2. The van der Waals surface area contributed by atoms with Gasteiger partial charge in [0.2, 0.25) is 0 Å². The Morgan fingerprint density at radius 2 is 1.73 bits per heavy atom. The minimum atomic E-state index is -0.456. The summed E-state index contributed by atoms with van der Waals surface area (Å²) in [7, 11) is 0. The monoisotopic (exact) mass is 484 g/mol. The number of aromatic hydroxyl groups is 1. The highest BCUT2D eigenvalue weighted by atomic mass is 79.9. The molecule has 0 atom stereocenters. The maximum atomic E-state index is 12.9. The molecule has 4 aromatic rings. The zero-order valence-electron chi connectivity index (χ0n) is 15.9. The normalized spacial score (nSPS) is 11.0. The Balaban J connectivity index is 1.84. The quantitative estimate of drug-likeness (QED) is 0.261. The van der Waals surface area contributed by atoms with Crippen molar-refractivity contribution >= 4 is 38.5 Å². The van der Waals surface area contributed by atoms with Crippen LogP contribution in [0.4, 0.5) is 0 Å². The Kier molecular flexibility index (Phi) is 6.11. The predicted octanol–water partition coefficient (Wildman–Crippen LogP) is 6.18. The lowest BCUT2D eigenvalue weighted by Gasteiger charge is -2.13. The summed E-state index contributed by atoms with van der Waals surface area (Å²) in [5.41, 5.74) is 2.97. The Bertz CT molecular complexity index is 1230. The predicted molar refractivity (Wildman–Crippen MR) is 123 cm³/mol. The van der Waals surface area contributed by atoms with Crippen molar-refractivity contribution < 1.29 is 14.3 Å². The highest BCUT2D eigenvalue weighted by Gasteiger charge is 2.17. The van der Waals surface area contributed by atoms with Crippen molar-refractivity contribution in [2.45, 2.75) is 6.42 Å². The van der Waals surface area contributed by atoms with Gasteiger partial charge < -0.3 is 14.3 Å². The van der Waals surface area contributed by atoms with Crippen LogP contribution in [0.1, 0.15) is 11.1 Å². The molecule has 4 nitrogen and oxygen atoms in total. The molecule has 0 aliphatic heterocycles. The second-order valence-electron chi connectivity index (χ2n) is 6.79. The van der Waals surface area contributed by atoms with Crippen molar-refractivity contribution in [1.29, 1.82) is 0 Å². The van der Waals surface area contributed by atoms with Crippen LogP contribution >= 0.6 is 27.5 Å². The zero-order valence-corrected chi connectivity index (χ0v) is 18.2. The molecule has 0 fully saturated rings. The summed E-state index contributed by atoms with van der Waals surface area (Å²) in [5.74, 6) is 0.836. The van der Waals surface area contributed by atoms with Gasteiger partial charge in [0, 0.05) is 21.8 Å². The molecule has 0 radical (unpaired) electrons. The van der Waals surface area contributed by atoms with Crippen molar-refractivity contribution in [3.05, 3.63) is 93.3 Å². The molecule has 4 rings (SSSR count). The summed E-state index contributed by atoms with van der Waals surface area (Å²) in [6, 6.07) is 19.7. The lowest BCUT2D eigenvalue weighted by atomic mass is 9.93. The minimum absolute atomic E-state index is 0.0455. The number of phenols is 1. The first kappa shape index (κ1) is 20.5. The van der Waals surface area contributed by atoms with Gasteiger partial charge in [-0.1, -0.05) is 51.8 Å². The molecule has 0 aliphatic carbocycles. The van der Waals surface area contributed by atoms with Crippen LogP contribution in [0.3, 0.4) is 0 Å². The van der Waals surface area contributed by atoms with Gasteiger partial charge in [-0.25, -0.2) is 4.79 Å². The van der Waals surface area contributed by atoms with Crippen molar-refractivity contribution in [2.75, 3.05) is 11.9 Å². The minimum Gasteiger partial charge on any atom is -0.508 e. The maximum Gasteiger partial charge on any atom is 0.344 e. The largest absolute Gasteiger partial charge is 0.508 e. The second-order valence-corrected chi connectivity index (χ2v) is 8.02. The molecular weight excluding hydrogens is 468 g/mol. The number of hydrogen-bond acceptors (Lipinski definition) is 4. The summed E-state index contributed by atoms with van der Waals surface area (Å²) in [5, 5.41) is 12.0. The van der Waals surface area contributed by atoms with Gasteiger partial charge in [-0.3, -0.25) is 0 Å². The van der Waals surface area contributed by atoms with E-state index >= 15 is 0 Å². The molecule has 0 spiro atoms. The number of fused-ring (bicyclic) bond motifs is 1. The van der Waals surface area contributed by atoms with Gasteiger partial charge in [-0.2, -0.15) is 0 Å². The van der Waals surface area contributed by atoms with E-state index in [1.54, 1.807) is 24.3 Å². The smallest absolute Gasteiger partial charge is 0.344 e. The van der Waals surface area contributed by atoms with Gasteiger partial charge in [0.1, 0.15) is 17.1 Å². The summed E-state index contributed by atoms with van der Waals surface area (Å²) in [6.45, 7) is 0.591. The van der Waals surface area contributed by atoms with Crippen molar-refractivity contribution in [2.24, 2.45) is 0 Å². The molecule has 0 amide bonds. The molecule has 0 unspecified atom stereocenters. The van der Waals surface area contributed by atoms with E-state index in [4.69, 9.17) is 20.8 Å². The molecule has 152 valence electrons. The number of benzene rings is 3. The van der Waals surface area contributed by atoms with E-state index in [1.807, 2.05) is 36.4 Å². The third-order valence-corrected chi connectivity index (χ3v) is 5.36. The first-order chi connectivity index (χ1) is 14.5. The van der Waals surface area contributed by atoms with E-state index < -0.39 is 5.63 Å². The highest BCUT2D eigenvalue weighted by molar-refractivity contribution is 9.09. The van der Waals surface area contributed by atoms with Crippen molar-refractivity contribution in [1.82, 2.24) is 0 Å². The number of phenolic OH excluding ortho intramolecular Hbond substituents is 1. The lowest BCUT2D eigenvalue weighted by Crippen LogP contribution is -2.09. The lowest BCUT2D eigenvalue weighted by molar-refractivity contribution is 0.345. The van der Waals surface area contributed by atoms with E-state index in [-0.39, 0.29) is 5.75 Å². The fourth-order valence-electron chi connectivity index (χ4n) is 3.41. The van der Waals surface area contributed by atoms with Gasteiger partial charge >= 0.3 is 5.63 Å². The SMILES string of the molecule is O=c1oc2cc(O)ccc2c(Cc2ccc(OCCBr)cc2)c1-c1ccc(Cl)cc1. The molecular formula is C24H18BrClO4. The molecule has 0 saturated carbocycles. The topological polar surface area (TPSA) is 59.7 Å². The van der Waals surface area contributed by atoms with Crippen LogP contribution in [0.25, 0.3) is 22.1 Å². The van der Waals surface area contributed by atoms with Gasteiger partial charge in [-0.05, 0) is 59.5 Å². The number of alkyl halides is 1. The van der Waals surface area contributed by atoms with Crippen LogP contribution in [0.15, 0.2) is 75.9 Å². The molecule has 6 heteroatoms. The van der Waals surface area contributed by atoms with E-state index in [9.17, 15) is 9.90 Å².